The van der Waals surface area contributed by atoms with Crippen LogP contribution >= 0.6 is 11.6 Å². The van der Waals surface area contributed by atoms with Crippen LogP contribution in [0.15, 0.2) is 84.9 Å². The molecular formula is C30H35ClN2O2. The number of hydrogen-bond donors (Lipinski definition) is 1. The summed E-state index contributed by atoms with van der Waals surface area (Å²) in [6.07, 6.45) is 0.781. The van der Waals surface area contributed by atoms with Crippen LogP contribution in [0.5, 0.6) is 0 Å². The molecule has 0 radical (unpaired) electrons. The van der Waals surface area contributed by atoms with Crippen molar-refractivity contribution in [3.8, 4) is 0 Å². The molecule has 3 rings (SSSR count). The molecule has 0 aliphatic heterocycles. The Bertz CT molecular complexity index is 1050. The Morgan fingerprint density at radius 2 is 1.37 bits per heavy atom. The van der Waals surface area contributed by atoms with Gasteiger partial charge in [-0.25, -0.2) is 0 Å². The first-order valence-electron chi connectivity index (χ1n) is 12.1. The van der Waals surface area contributed by atoms with Crippen molar-refractivity contribution in [2.75, 3.05) is 0 Å². The first-order chi connectivity index (χ1) is 16.7. The maximum Gasteiger partial charge on any atom is 0.243 e. The topological polar surface area (TPSA) is 49.4 Å². The number of amides is 2. The molecule has 0 heterocycles. The summed E-state index contributed by atoms with van der Waals surface area (Å²) in [5.41, 5.74) is 2.69. The lowest BCUT2D eigenvalue weighted by atomic mass is 9.88. The summed E-state index contributed by atoms with van der Waals surface area (Å²) in [5, 5.41) is 3.70. The highest BCUT2D eigenvalue weighted by Gasteiger charge is 2.32. The van der Waals surface area contributed by atoms with Crippen molar-refractivity contribution in [3.05, 3.63) is 107 Å². The van der Waals surface area contributed by atoms with Crippen LogP contribution in [0.25, 0.3) is 0 Å². The molecule has 3 aromatic carbocycles. The molecule has 5 heteroatoms. The number of rotatable bonds is 9. The molecule has 0 aliphatic rings. The zero-order valence-corrected chi connectivity index (χ0v) is 21.8. The van der Waals surface area contributed by atoms with Crippen molar-refractivity contribution < 1.29 is 9.59 Å². The molecular weight excluding hydrogens is 456 g/mol. The van der Waals surface area contributed by atoms with E-state index in [4.69, 9.17) is 11.6 Å². The largest absolute Gasteiger partial charge is 0.350 e. The van der Waals surface area contributed by atoms with Crippen molar-refractivity contribution in [1.82, 2.24) is 10.2 Å². The Kier molecular flexibility index (Phi) is 9.11. The lowest BCUT2D eigenvalue weighted by molar-refractivity contribution is -0.142. The van der Waals surface area contributed by atoms with E-state index in [0.717, 1.165) is 16.7 Å². The van der Waals surface area contributed by atoms with E-state index in [0.29, 0.717) is 18.0 Å². The average molecular weight is 491 g/mol. The van der Waals surface area contributed by atoms with Gasteiger partial charge in [-0.2, -0.15) is 0 Å². The lowest BCUT2D eigenvalue weighted by Crippen LogP contribution is -2.53. The fourth-order valence-corrected chi connectivity index (χ4v) is 4.38. The molecule has 1 N–H and O–H groups in total. The smallest absolute Gasteiger partial charge is 0.243 e. The van der Waals surface area contributed by atoms with Crippen LogP contribution in [0.1, 0.15) is 63.1 Å². The molecule has 35 heavy (non-hydrogen) atoms. The van der Waals surface area contributed by atoms with Gasteiger partial charge in [-0.1, -0.05) is 91.3 Å². The molecule has 1 atom stereocenters. The van der Waals surface area contributed by atoms with Crippen LogP contribution in [0.2, 0.25) is 5.02 Å². The molecule has 0 aliphatic carbocycles. The van der Waals surface area contributed by atoms with Crippen LogP contribution in [-0.2, 0) is 16.1 Å². The van der Waals surface area contributed by atoms with Gasteiger partial charge in [-0.15, -0.1) is 0 Å². The van der Waals surface area contributed by atoms with E-state index in [1.807, 2.05) is 88.4 Å². The molecule has 0 fully saturated rings. The Morgan fingerprint density at radius 1 is 0.857 bits per heavy atom. The van der Waals surface area contributed by atoms with E-state index >= 15 is 0 Å². The zero-order chi connectivity index (χ0) is 25.4. The monoisotopic (exact) mass is 490 g/mol. The number of halogens is 1. The second-order valence-electron chi connectivity index (χ2n) is 9.89. The van der Waals surface area contributed by atoms with Crippen molar-refractivity contribution in [3.63, 3.8) is 0 Å². The van der Waals surface area contributed by atoms with E-state index in [9.17, 15) is 9.59 Å². The Morgan fingerprint density at radius 3 is 1.83 bits per heavy atom. The summed E-state index contributed by atoms with van der Waals surface area (Å²) in [4.78, 5) is 29.0. The van der Waals surface area contributed by atoms with Crippen molar-refractivity contribution in [2.24, 2.45) is 0 Å². The molecule has 0 unspecified atom stereocenters. The summed E-state index contributed by atoms with van der Waals surface area (Å²) < 4.78 is 0. The van der Waals surface area contributed by atoms with Crippen molar-refractivity contribution in [1.29, 1.82) is 0 Å². The van der Waals surface area contributed by atoms with Gasteiger partial charge in [0.2, 0.25) is 11.8 Å². The molecule has 0 saturated carbocycles. The number of carbonyl (C=O) groups is 2. The summed E-state index contributed by atoms with van der Waals surface area (Å²) in [6.45, 7) is 8.13. The van der Waals surface area contributed by atoms with Crippen molar-refractivity contribution in [2.45, 2.75) is 64.6 Å². The van der Waals surface area contributed by atoms with Crippen LogP contribution in [0, 0.1) is 0 Å². The molecule has 0 saturated heterocycles. The fourth-order valence-electron chi connectivity index (χ4n) is 4.25. The van der Waals surface area contributed by atoms with E-state index in [-0.39, 0.29) is 24.2 Å². The van der Waals surface area contributed by atoms with Crippen LogP contribution in [0.4, 0.5) is 0 Å². The van der Waals surface area contributed by atoms with Gasteiger partial charge in [0.1, 0.15) is 6.04 Å². The zero-order valence-electron chi connectivity index (χ0n) is 21.0. The average Bonchev–Trinajstić information content (AvgIpc) is 2.83. The highest BCUT2D eigenvalue weighted by molar-refractivity contribution is 6.30. The number of nitrogens with one attached hydrogen (secondary N) is 1. The van der Waals surface area contributed by atoms with E-state index < -0.39 is 11.6 Å². The Balaban J connectivity index is 1.96. The van der Waals surface area contributed by atoms with Gasteiger partial charge in [-0.3, -0.25) is 9.59 Å². The molecule has 0 spiro atoms. The van der Waals surface area contributed by atoms with Gasteiger partial charge in [0.25, 0.3) is 0 Å². The van der Waals surface area contributed by atoms with Crippen LogP contribution in [0.3, 0.4) is 0 Å². The van der Waals surface area contributed by atoms with Gasteiger partial charge in [0.15, 0.2) is 0 Å². The van der Waals surface area contributed by atoms with Gasteiger partial charge in [-0.05, 0) is 56.0 Å². The molecule has 184 valence electrons. The number of carbonyl (C=O) groups excluding carboxylic acids is 2. The summed E-state index contributed by atoms with van der Waals surface area (Å²) in [5.74, 6) is -0.312. The van der Waals surface area contributed by atoms with Gasteiger partial charge in [0.05, 0.1) is 0 Å². The third-order valence-corrected chi connectivity index (χ3v) is 6.18. The summed E-state index contributed by atoms with van der Waals surface area (Å²) in [6, 6.07) is 27.0. The maximum atomic E-state index is 14.0. The highest BCUT2D eigenvalue weighted by Crippen LogP contribution is 2.30. The highest BCUT2D eigenvalue weighted by atomic mass is 35.5. The fraction of sp³-hybridized carbons (Fsp3) is 0.333. The summed E-state index contributed by atoms with van der Waals surface area (Å²) >= 11 is 6.08. The Labute approximate surface area is 214 Å². The number of benzene rings is 3. The predicted molar refractivity (Wildman–Crippen MR) is 143 cm³/mol. The SMILES string of the molecule is CC[C@H](C(=O)NC(C)(C)C)N(Cc1ccc(Cl)cc1)C(=O)CC(c1ccccc1)c1ccccc1. The minimum Gasteiger partial charge on any atom is -0.350 e. The van der Waals surface area contributed by atoms with Crippen LogP contribution < -0.4 is 5.32 Å². The quantitative estimate of drug-likeness (QED) is 0.368. The first kappa shape index (κ1) is 26.5. The summed E-state index contributed by atoms with van der Waals surface area (Å²) in [7, 11) is 0. The minimum atomic E-state index is -0.579. The Hall–Kier alpha value is -3.11. The molecule has 0 aromatic heterocycles. The third kappa shape index (κ3) is 7.69. The second kappa shape index (κ2) is 12.0. The van der Waals surface area contributed by atoms with Crippen LogP contribution in [-0.4, -0.2) is 28.3 Å². The number of nitrogens with zero attached hydrogens (tertiary/aromatic N) is 1. The normalized spacial score (nSPS) is 12.3. The molecule has 4 nitrogen and oxygen atoms in total. The first-order valence-corrected chi connectivity index (χ1v) is 12.5. The minimum absolute atomic E-state index is 0.0615. The molecule has 2 amide bonds. The third-order valence-electron chi connectivity index (χ3n) is 5.93. The number of hydrogen-bond acceptors (Lipinski definition) is 2. The van der Waals surface area contributed by atoms with E-state index in [1.165, 1.54) is 0 Å². The second-order valence-corrected chi connectivity index (χ2v) is 10.3. The molecule has 0 bridgehead atoms. The van der Waals surface area contributed by atoms with Gasteiger partial charge in [0, 0.05) is 29.4 Å². The predicted octanol–water partition coefficient (Wildman–Crippen LogP) is 6.58. The van der Waals surface area contributed by atoms with Gasteiger partial charge >= 0.3 is 0 Å². The molecule has 3 aromatic rings. The maximum absolute atomic E-state index is 14.0. The van der Waals surface area contributed by atoms with E-state index in [2.05, 4.69) is 29.6 Å². The van der Waals surface area contributed by atoms with Crippen molar-refractivity contribution >= 4 is 23.4 Å². The lowest BCUT2D eigenvalue weighted by Gasteiger charge is -2.34. The van der Waals surface area contributed by atoms with E-state index in [1.54, 1.807) is 4.90 Å². The standard InChI is InChI=1S/C30H35ClN2O2/c1-5-27(29(35)32-30(2,3)4)33(21-22-16-18-25(31)19-17-22)28(34)20-26(23-12-8-6-9-13-23)24-14-10-7-11-15-24/h6-19,26-27H,5,20-21H2,1-4H3,(H,32,35)/t27-/m1/s1. The van der Waals surface area contributed by atoms with Gasteiger partial charge < -0.3 is 10.2 Å².